The summed E-state index contributed by atoms with van der Waals surface area (Å²) in [7, 11) is 0. The van der Waals surface area contributed by atoms with Gasteiger partial charge in [0.05, 0.1) is 0 Å². The third-order valence-electron chi connectivity index (χ3n) is 4.38. The van der Waals surface area contributed by atoms with E-state index in [-0.39, 0.29) is 24.1 Å². The highest BCUT2D eigenvalue weighted by atomic mass is 32.1. The number of epoxide rings is 1. The predicted molar refractivity (Wildman–Crippen MR) is 90.7 cm³/mol. The Labute approximate surface area is 143 Å². The first-order valence-corrected chi connectivity index (χ1v) is 8.14. The molecule has 3 aromatic rings. The van der Waals surface area contributed by atoms with Gasteiger partial charge in [0, 0.05) is 0 Å². The molecule has 1 unspecified atom stereocenters. The average Bonchev–Trinajstić information content (AvgIpc) is 3.23. The maximum atomic E-state index is 13.7. The summed E-state index contributed by atoms with van der Waals surface area (Å²) in [5.74, 6) is -0.281. The van der Waals surface area contributed by atoms with Gasteiger partial charge in [-0.1, -0.05) is 36.4 Å². The van der Waals surface area contributed by atoms with E-state index >= 15 is 0 Å². The van der Waals surface area contributed by atoms with Crippen LogP contribution in [0.3, 0.4) is 0 Å². The molecule has 0 aliphatic carbocycles. The number of hydrogen-bond acceptors (Lipinski definition) is 3. The molecule has 0 saturated carbocycles. The summed E-state index contributed by atoms with van der Waals surface area (Å²) in [6.07, 6.45) is 1.38. The van der Waals surface area contributed by atoms with Crippen LogP contribution in [0.15, 0.2) is 54.9 Å². The van der Waals surface area contributed by atoms with Crippen LogP contribution >= 0.6 is 12.2 Å². The first-order valence-electron chi connectivity index (χ1n) is 7.73. The number of hydrogen-bond donors (Lipinski definition) is 1. The van der Waals surface area contributed by atoms with Crippen LogP contribution in [0, 0.1) is 17.5 Å². The molecule has 1 N–H and O–H groups in total. The van der Waals surface area contributed by atoms with Crippen molar-refractivity contribution < 1.29 is 9.13 Å². The van der Waals surface area contributed by atoms with Gasteiger partial charge in [-0.05, 0) is 48.0 Å². The number of ether oxygens (including phenoxy) is 1. The molecule has 0 amide bonds. The lowest BCUT2D eigenvalue weighted by Crippen LogP contribution is -2.19. The van der Waals surface area contributed by atoms with Gasteiger partial charge in [-0.15, -0.1) is 0 Å². The number of aromatic amines is 1. The number of aryl methyl sites for hydroxylation is 1. The summed E-state index contributed by atoms with van der Waals surface area (Å²) in [5.41, 5.74) is 3.13. The summed E-state index contributed by atoms with van der Waals surface area (Å²) in [4.78, 5) is 4.08. The molecule has 0 radical (unpaired) electrons. The molecule has 1 aromatic heterocycles. The number of nitrogens with zero attached hydrogens (tertiary/aromatic N) is 2. The quantitative estimate of drug-likeness (QED) is 0.574. The van der Waals surface area contributed by atoms with Gasteiger partial charge >= 0.3 is 0 Å². The van der Waals surface area contributed by atoms with E-state index in [0.29, 0.717) is 4.77 Å². The zero-order valence-electron chi connectivity index (χ0n) is 13.0. The highest BCUT2D eigenvalue weighted by molar-refractivity contribution is 7.71. The van der Waals surface area contributed by atoms with Crippen LogP contribution in [-0.2, 0) is 4.74 Å². The van der Waals surface area contributed by atoms with Crippen molar-refractivity contribution in [3.8, 4) is 0 Å². The van der Waals surface area contributed by atoms with Crippen molar-refractivity contribution in [2.45, 2.75) is 25.2 Å². The summed E-state index contributed by atoms with van der Waals surface area (Å²) < 4.78 is 21.9. The van der Waals surface area contributed by atoms with Gasteiger partial charge in [0.2, 0.25) is 4.77 Å². The van der Waals surface area contributed by atoms with Gasteiger partial charge < -0.3 is 4.74 Å². The van der Waals surface area contributed by atoms with Crippen molar-refractivity contribution in [2.24, 2.45) is 0 Å². The van der Waals surface area contributed by atoms with E-state index in [1.165, 1.54) is 17.7 Å². The van der Waals surface area contributed by atoms with Crippen molar-refractivity contribution in [3.63, 3.8) is 0 Å². The van der Waals surface area contributed by atoms with E-state index in [9.17, 15) is 4.39 Å². The van der Waals surface area contributed by atoms with E-state index in [1.807, 2.05) is 18.2 Å². The molecule has 1 fully saturated rings. The molecule has 2 aromatic carbocycles. The third kappa shape index (κ3) is 2.68. The minimum Gasteiger partial charge on any atom is -0.362 e. The molecule has 3 atom stereocenters. The molecule has 1 saturated heterocycles. The van der Waals surface area contributed by atoms with Crippen LogP contribution in [0.2, 0.25) is 0 Å². The molecule has 1 aliphatic rings. The average molecular weight is 341 g/mol. The number of H-pyrrole nitrogens is 1. The van der Waals surface area contributed by atoms with Crippen LogP contribution < -0.4 is 0 Å². The lowest BCUT2D eigenvalue weighted by atomic mass is 9.97. The first kappa shape index (κ1) is 15.2. The largest absolute Gasteiger partial charge is 0.362 e. The van der Waals surface area contributed by atoms with E-state index in [2.05, 4.69) is 29.1 Å². The van der Waals surface area contributed by atoms with Gasteiger partial charge in [-0.3, -0.25) is 5.10 Å². The summed E-state index contributed by atoms with van der Waals surface area (Å²) in [6.45, 7) is 2.06. The van der Waals surface area contributed by atoms with Gasteiger partial charge in [0.15, 0.2) is 0 Å². The van der Waals surface area contributed by atoms with Crippen molar-refractivity contribution in [3.05, 3.63) is 82.1 Å². The molecule has 122 valence electrons. The zero-order valence-corrected chi connectivity index (χ0v) is 13.8. The molecule has 4 rings (SSSR count). The fourth-order valence-corrected chi connectivity index (χ4v) is 3.38. The summed E-state index contributed by atoms with van der Waals surface area (Å²) in [6, 6.07) is 14.4. The second kappa shape index (κ2) is 5.96. The Kier molecular flexibility index (Phi) is 3.78. The fraction of sp³-hybridized carbons (Fsp3) is 0.222. The fourth-order valence-electron chi connectivity index (χ4n) is 3.16. The minimum absolute atomic E-state index is 0.0373. The Morgan fingerprint density at radius 2 is 2.08 bits per heavy atom. The predicted octanol–water partition coefficient (Wildman–Crippen LogP) is 4.12. The monoisotopic (exact) mass is 341 g/mol. The second-order valence-corrected chi connectivity index (χ2v) is 6.28. The molecular formula is C18H16FN3OS. The lowest BCUT2D eigenvalue weighted by molar-refractivity contribution is 0.323. The molecule has 0 bridgehead atoms. The van der Waals surface area contributed by atoms with Gasteiger partial charge in [-0.25, -0.2) is 14.1 Å². The number of rotatable bonds is 4. The van der Waals surface area contributed by atoms with E-state index < -0.39 is 0 Å². The highest BCUT2D eigenvalue weighted by Crippen LogP contribution is 2.48. The smallest absolute Gasteiger partial charge is 0.216 e. The van der Waals surface area contributed by atoms with E-state index in [4.69, 9.17) is 17.0 Å². The summed E-state index contributed by atoms with van der Waals surface area (Å²) in [5, 5.41) is 3.03. The van der Waals surface area contributed by atoms with Crippen LogP contribution in [0.4, 0.5) is 4.39 Å². The standard InChI is InChI=1S/C18H16FN3OS/c1-11-5-2-3-8-14(11)16-17(23-16)15(22-18(24)20-10-21-22)12-6-4-7-13(19)9-12/h2-10,15-17H,1H3,(H,20,21,24)/t15?,16-,17-/m0/s1. The molecule has 6 heteroatoms. The van der Waals surface area contributed by atoms with Crippen molar-refractivity contribution >= 4 is 12.2 Å². The van der Waals surface area contributed by atoms with Gasteiger partial charge in [0.1, 0.15) is 30.4 Å². The van der Waals surface area contributed by atoms with Crippen molar-refractivity contribution in [2.75, 3.05) is 0 Å². The van der Waals surface area contributed by atoms with Gasteiger partial charge in [0.25, 0.3) is 0 Å². The second-order valence-electron chi connectivity index (χ2n) is 5.92. The normalized spacial score (nSPS) is 20.8. The number of nitrogens with one attached hydrogen (secondary N) is 1. The molecule has 1 aliphatic heterocycles. The molecular weight excluding hydrogens is 325 g/mol. The molecule has 2 heterocycles. The van der Waals surface area contributed by atoms with E-state index in [0.717, 1.165) is 11.1 Å². The van der Waals surface area contributed by atoms with E-state index in [1.54, 1.807) is 17.1 Å². The Morgan fingerprint density at radius 1 is 1.25 bits per heavy atom. The topological polar surface area (TPSA) is 46.1 Å². The maximum Gasteiger partial charge on any atom is 0.216 e. The van der Waals surface area contributed by atoms with Crippen molar-refractivity contribution in [1.82, 2.24) is 14.8 Å². The Morgan fingerprint density at radius 3 is 2.79 bits per heavy atom. The minimum atomic E-state index is -0.281. The highest BCUT2D eigenvalue weighted by Gasteiger charge is 2.48. The maximum absolute atomic E-state index is 13.7. The van der Waals surface area contributed by atoms with Crippen LogP contribution in [0.1, 0.15) is 28.8 Å². The Bertz CT molecular complexity index is 936. The molecule has 0 spiro atoms. The Hall–Kier alpha value is -2.31. The van der Waals surface area contributed by atoms with Crippen molar-refractivity contribution in [1.29, 1.82) is 0 Å². The van der Waals surface area contributed by atoms with Crippen LogP contribution in [0.25, 0.3) is 0 Å². The summed E-state index contributed by atoms with van der Waals surface area (Å²) >= 11 is 5.29. The number of aromatic nitrogens is 3. The lowest BCUT2D eigenvalue weighted by Gasteiger charge is -2.17. The number of halogens is 1. The van der Waals surface area contributed by atoms with Crippen LogP contribution in [0.5, 0.6) is 0 Å². The SMILES string of the molecule is Cc1ccccc1[C@@H]1O[C@H]1C(c1cccc(F)c1)n1[nH]cnc1=S. The molecule has 4 nitrogen and oxygen atoms in total. The van der Waals surface area contributed by atoms with Gasteiger partial charge in [-0.2, -0.15) is 0 Å². The first-order chi connectivity index (χ1) is 11.6. The number of benzene rings is 2. The Balaban J connectivity index is 1.74. The third-order valence-corrected chi connectivity index (χ3v) is 4.68. The molecule has 24 heavy (non-hydrogen) atoms. The zero-order chi connectivity index (χ0) is 16.7. The van der Waals surface area contributed by atoms with Crippen LogP contribution in [-0.4, -0.2) is 20.9 Å².